The van der Waals surface area contributed by atoms with Crippen LogP contribution >= 0.6 is 24.0 Å². The van der Waals surface area contributed by atoms with Gasteiger partial charge in [0, 0.05) is 72.7 Å². The zero-order valence-corrected chi connectivity index (χ0v) is 20.5. The molecule has 0 unspecified atom stereocenters. The molecule has 2 aliphatic heterocycles. The van der Waals surface area contributed by atoms with Crippen molar-refractivity contribution in [3.63, 3.8) is 0 Å². The van der Waals surface area contributed by atoms with Gasteiger partial charge in [0.15, 0.2) is 5.96 Å². The minimum Gasteiger partial charge on any atom is -0.385 e. The van der Waals surface area contributed by atoms with E-state index in [2.05, 4.69) is 33.9 Å². The molecule has 0 aromatic heterocycles. The van der Waals surface area contributed by atoms with E-state index in [4.69, 9.17) is 14.5 Å². The molecule has 0 amide bonds. The Bertz CT molecular complexity index is 411. The highest BCUT2D eigenvalue weighted by Crippen LogP contribution is 2.14. The van der Waals surface area contributed by atoms with E-state index in [0.717, 1.165) is 71.2 Å². The number of hydrogen-bond acceptors (Lipinski definition) is 5. The van der Waals surface area contributed by atoms with Gasteiger partial charge in [-0.3, -0.25) is 9.89 Å². The molecule has 0 aliphatic carbocycles. The second-order valence-electron chi connectivity index (χ2n) is 7.42. The van der Waals surface area contributed by atoms with Gasteiger partial charge in [-0.1, -0.05) is 6.92 Å². The van der Waals surface area contributed by atoms with E-state index in [0.29, 0.717) is 6.10 Å². The molecular formula is C20H42IN5O2. The lowest BCUT2D eigenvalue weighted by Crippen LogP contribution is -2.48. The maximum Gasteiger partial charge on any atom is 0.193 e. The number of guanidine groups is 1. The minimum atomic E-state index is 0. The molecule has 2 saturated heterocycles. The van der Waals surface area contributed by atoms with Crippen LogP contribution in [0.2, 0.25) is 0 Å². The van der Waals surface area contributed by atoms with Gasteiger partial charge in [0.05, 0.1) is 12.6 Å². The first kappa shape index (κ1) is 25.9. The highest BCUT2D eigenvalue weighted by Gasteiger charge is 2.22. The van der Waals surface area contributed by atoms with E-state index >= 15 is 0 Å². The summed E-state index contributed by atoms with van der Waals surface area (Å²) in [4.78, 5) is 12.4. The monoisotopic (exact) mass is 511 g/mol. The molecule has 166 valence electrons. The third kappa shape index (κ3) is 9.56. The quantitative estimate of drug-likeness (QED) is 0.209. The fraction of sp³-hybridized carbons (Fsp3) is 0.950. The van der Waals surface area contributed by atoms with Gasteiger partial charge >= 0.3 is 0 Å². The van der Waals surface area contributed by atoms with Crippen molar-refractivity contribution in [2.75, 3.05) is 85.8 Å². The van der Waals surface area contributed by atoms with Crippen molar-refractivity contribution in [1.29, 1.82) is 0 Å². The SMILES string of the molecule is CCNC(=NCCN1CCN(CC)CC1)N1CCC(OCCCOC)CC1.I. The summed E-state index contributed by atoms with van der Waals surface area (Å²) in [5.74, 6) is 1.07. The van der Waals surface area contributed by atoms with E-state index in [-0.39, 0.29) is 24.0 Å². The average Bonchev–Trinajstić information content (AvgIpc) is 2.71. The van der Waals surface area contributed by atoms with Gasteiger partial charge in [0.1, 0.15) is 0 Å². The third-order valence-electron chi connectivity index (χ3n) is 5.51. The molecule has 0 spiro atoms. The molecule has 2 heterocycles. The summed E-state index contributed by atoms with van der Waals surface area (Å²) < 4.78 is 11.1. The standard InChI is InChI=1S/C20H41N5O2.HI/c1-4-21-20(22-9-12-24-15-13-23(5-2)14-16-24)25-10-7-19(8-11-25)27-18-6-17-26-3;/h19H,4-18H2,1-3H3,(H,21,22);1H. The Hall–Kier alpha value is -0.160. The van der Waals surface area contributed by atoms with E-state index in [1.54, 1.807) is 7.11 Å². The number of piperidine rings is 1. The Kier molecular flexibility index (Phi) is 14.5. The zero-order valence-electron chi connectivity index (χ0n) is 18.2. The molecule has 0 saturated carbocycles. The van der Waals surface area contributed by atoms with E-state index < -0.39 is 0 Å². The van der Waals surface area contributed by atoms with Crippen LogP contribution in [0.4, 0.5) is 0 Å². The number of ether oxygens (including phenoxy) is 2. The number of rotatable bonds is 10. The van der Waals surface area contributed by atoms with Gasteiger partial charge in [-0.2, -0.15) is 0 Å². The summed E-state index contributed by atoms with van der Waals surface area (Å²) in [6.45, 7) is 16.8. The predicted molar refractivity (Wildman–Crippen MR) is 127 cm³/mol. The summed E-state index contributed by atoms with van der Waals surface area (Å²) >= 11 is 0. The summed E-state index contributed by atoms with van der Waals surface area (Å²) in [6.07, 6.45) is 3.52. The molecule has 2 fully saturated rings. The predicted octanol–water partition coefficient (Wildman–Crippen LogP) is 1.72. The van der Waals surface area contributed by atoms with Crippen LogP contribution in [0.3, 0.4) is 0 Å². The lowest BCUT2D eigenvalue weighted by atomic mass is 10.1. The topological polar surface area (TPSA) is 52.6 Å². The lowest BCUT2D eigenvalue weighted by molar-refractivity contribution is 0.00990. The van der Waals surface area contributed by atoms with Crippen LogP contribution in [0.15, 0.2) is 4.99 Å². The van der Waals surface area contributed by atoms with Crippen molar-refractivity contribution in [2.45, 2.75) is 39.2 Å². The van der Waals surface area contributed by atoms with Crippen molar-refractivity contribution in [1.82, 2.24) is 20.0 Å². The first-order chi connectivity index (χ1) is 13.3. The number of likely N-dealkylation sites (tertiary alicyclic amines) is 1. The molecule has 7 nitrogen and oxygen atoms in total. The van der Waals surface area contributed by atoms with Crippen molar-refractivity contribution >= 4 is 29.9 Å². The Balaban J connectivity index is 0.00000392. The molecule has 0 bridgehead atoms. The number of likely N-dealkylation sites (N-methyl/N-ethyl adjacent to an activating group) is 1. The highest BCUT2D eigenvalue weighted by atomic mass is 127. The Morgan fingerprint density at radius 2 is 1.68 bits per heavy atom. The first-order valence-electron chi connectivity index (χ1n) is 10.8. The van der Waals surface area contributed by atoms with Gasteiger partial charge in [0.25, 0.3) is 0 Å². The number of piperazine rings is 1. The summed E-state index contributed by atoms with van der Waals surface area (Å²) in [5.41, 5.74) is 0. The summed E-state index contributed by atoms with van der Waals surface area (Å²) in [5, 5.41) is 3.47. The Morgan fingerprint density at radius 1 is 1.00 bits per heavy atom. The lowest BCUT2D eigenvalue weighted by Gasteiger charge is -2.35. The molecule has 0 atom stereocenters. The van der Waals surface area contributed by atoms with Crippen molar-refractivity contribution in [3.05, 3.63) is 0 Å². The van der Waals surface area contributed by atoms with Crippen LogP contribution in [0.5, 0.6) is 0 Å². The molecule has 2 rings (SSSR count). The van der Waals surface area contributed by atoms with E-state index in [1.165, 1.54) is 32.7 Å². The normalized spacial score (nSPS) is 20.2. The maximum absolute atomic E-state index is 5.97. The molecule has 0 aromatic rings. The van der Waals surface area contributed by atoms with Crippen LogP contribution in [0.1, 0.15) is 33.1 Å². The van der Waals surface area contributed by atoms with Gasteiger partial charge in [0.2, 0.25) is 0 Å². The van der Waals surface area contributed by atoms with Gasteiger partial charge in [-0.05, 0) is 32.7 Å². The molecule has 8 heteroatoms. The summed E-state index contributed by atoms with van der Waals surface area (Å²) in [6, 6.07) is 0. The largest absolute Gasteiger partial charge is 0.385 e. The maximum atomic E-state index is 5.97. The van der Waals surface area contributed by atoms with E-state index in [1.807, 2.05) is 0 Å². The zero-order chi connectivity index (χ0) is 19.3. The Morgan fingerprint density at radius 3 is 2.29 bits per heavy atom. The number of nitrogens with one attached hydrogen (secondary N) is 1. The molecule has 0 radical (unpaired) electrons. The van der Waals surface area contributed by atoms with Crippen molar-refractivity contribution in [3.8, 4) is 0 Å². The second-order valence-corrected chi connectivity index (χ2v) is 7.42. The molecule has 0 aromatic carbocycles. The fourth-order valence-electron chi connectivity index (χ4n) is 3.74. The molecular weight excluding hydrogens is 469 g/mol. The van der Waals surface area contributed by atoms with Crippen LogP contribution < -0.4 is 5.32 Å². The van der Waals surface area contributed by atoms with Crippen LogP contribution in [-0.4, -0.2) is 113 Å². The highest BCUT2D eigenvalue weighted by molar-refractivity contribution is 14.0. The minimum absolute atomic E-state index is 0. The van der Waals surface area contributed by atoms with Gasteiger partial charge in [-0.25, -0.2) is 0 Å². The van der Waals surface area contributed by atoms with Crippen LogP contribution in [0.25, 0.3) is 0 Å². The average molecular weight is 511 g/mol. The van der Waals surface area contributed by atoms with Crippen molar-refractivity contribution in [2.24, 2.45) is 4.99 Å². The molecule has 2 aliphatic rings. The number of nitrogens with zero attached hydrogens (tertiary/aromatic N) is 4. The van der Waals surface area contributed by atoms with Crippen LogP contribution in [-0.2, 0) is 9.47 Å². The number of methoxy groups -OCH3 is 1. The fourth-order valence-corrected chi connectivity index (χ4v) is 3.74. The smallest absolute Gasteiger partial charge is 0.193 e. The second kappa shape index (κ2) is 15.6. The number of halogens is 1. The van der Waals surface area contributed by atoms with Gasteiger partial charge < -0.3 is 24.6 Å². The Labute approximate surface area is 189 Å². The number of aliphatic imine (C=N–C) groups is 1. The molecule has 28 heavy (non-hydrogen) atoms. The first-order valence-corrected chi connectivity index (χ1v) is 10.8. The van der Waals surface area contributed by atoms with Gasteiger partial charge in [-0.15, -0.1) is 24.0 Å². The third-order valence-corrected chi connectivity index (χ3v) is 5.51. The van der Waals surface area contributed by atoms with E-state index in [9.17, 15) is 0 Å². The van der Waals surface area contributed by atoms with Crippen molar-refractivity contribution < 1.29 is 9.47 Å². The molecule has 1 N–H and O–H groups in total. The van der Waals surface area contributed by atoms with Crippen LogP contribution in [0, 0.1) is 0 Å². The summed E-state index contributed by atoms with van der Waals surface area (Å²) in [7, 11) is 1.74. The number of hydrogen-bond donors (Lipinski definition) is 1.